The quantitative estimate of drug-likeness (QED) is 0.534. The highest BCUT2D eigenvalue weighted by Crippen LogP contribution is 2.20. The first-order chi connectivity index (χ1) is 14.8. The number of hydrogen-bond acceptors (Lipinski definition) is 3. The van der Waals surface area contributed by atoms with Crippen molar-refractivity contribution in [3.05, 3.63) is 97.9 Å². The summed E-state index contributed by atoms with van der Waals surface area (Å²) in [6, 6.07) is 16.7. The summed E-state index contributed by atoms with van der Waals surface area (Å²) in [5.74, 6) is -0.707. The number of aromatic nitrogens is 1. The second-order valence-electron chi connectivity index (χ2n) is 7.36. The second kappa shape index (κ2) is 10.2. The van der Waals surface area contributed by atoms with Crippen molar-refractivity contribution >= 4 is 33.4 Å². The van der Waals surface area contributed by atoms with Gasteiger partial charge in [-0.3, -0.25) is 14.4 Å². The van der Waals surface area contributed by atoms with E-state index in [-0.39, 0.29) is 30.0 Å². The Morgan fingerprint density at radius 1 is 1.03 bits per heavy atom. The number of carbonyl (C=O) groups is 2. The summed E-state index contributed by atoms with van der Waals surface area (Å²) >= 11 is 3.38. The number of nitrogens with zero attached hydrogens (tertiary/aromatic N) is 1. The smallest absolute Gasteiger partial charge is 0.263 e. The summed E-state index contributed by atoms with van der Waals surface area (Å²) in [6.07, 6.45) is 1.76. The predicted octanol–water partition coefficient (Wildman–Crippen LogP) is 4.03. The van der Waals surface area contributed by atoms with Gasteiger partial charge in [0.2, 0.25) is 5.91 Å². The van der Waals surface area contributed by atoms with E-state index in [9.17, 15) is 14.4 Å². The third-order valence-corrected chi connectivity index (χ3v) is 5.30. The minimum Gasteiger partial charge on any atom is -0.351 e. The molecule has 3 aromatic rings. The Morgan fingerprint density at radius 3 is 2.61 bits per heavy atom. The Morgan fingerprint density at radius 2 is 1.84 bits per heavy atom. The number of rotatable bonds is 7. The first-order valence-corrected chi connectivity index (χ1v) is 10.7. The third-order valence-electron chi connectivity index (χ3n) is 4.81. The lowest BCUT2D eigenvalue weighted by atomic mass is 10.1. The maximum atomic E-state index is 12.7. The van der Waals surface area contributed by atoms with Crippen molar-refractivity contribution in [2.75, 3.05) is 11.9 Å². The van der Waals surface area contributed by atoms with Gasteiger partial charge in [-0.2, -0.15) is 0 Å². The number of carbonyl (C=O) groups excluding carboxylic acids is 2. The summed E-state index contributed by atoms with van der Waals surface area (Å²) in [5.41, 5.74) is 3.44. The van der Waals surface area contributed by atoms with Gasteiger partial charge in [0.25, 0.3) is 11.5 Å². The van der Waals surface area contributed by atoms with E-state index >= 15 is 0 Å². The van der Waals surface area contributed by atoms with Gasteiger partial charge in [-0.15, -0.1) is 0 Å². The molecule has 0 bridgehead atoms. The molecule has 0 spiro atoms. The third kappa shape index (κ3) is 6.15. The number of pyridine rings is 1. The van der Waals surface area contributed by atoms with Crippen molar-refractivity contribution in [2.45, 2.75) is 26.8 Å². The predicted molar refractivity (Wildman–Crippen MR) is 125 cm³/mol. The Bertz CT molecular complexity index is 1170. The molecule has 2 amide bonds. The summed E-state index contributed by atoms with van der Waals surface area (Å²) in [5, 5.41) is 5.49. The molecule has 2 N–H and O–H groups in total. The second-order valence-corrected chi connectivity index (χ2v) is 8.27. The lowest BCUT2D eigenvalue weighted by Gasteiger charge is -2.11. The number of halogens is 1. The van der Waals surface area contributed by atoms with E-state index in [2.05, 4.69) is 26.6 Å². The number of hydrogen-bond donors (Lipinski definition) is 2. The van der Waals surface area contributed by atoms with Crippen LogP contribution in [0.1, 0.15) is 33.5 Å². The standard InChI is InChI=1S/C24H24BrN3O3/c1-16-5-3-6-18(13-16)15-28-12-4-7-20(24(28)31)23(30)26-11-10-22(29)27-21-14-19(25)9-8-17(21)2/h3-9,12-14H,10-11,15H2,1-2H3,(H,26,30)(H,27,29). The Kier molecular flexibility index (Phi) is 7.41. The van der Waals surface area contributed by atoms with Crippen LogP contribution in [0.15, 0.2) is 70.1 Å². The van der Waals surface area contributed by atoms with Gasteiger partial charge in [0, 0.05) is 29.3 Å². The van der Waals surface area contributed by atoms with Crippen LogP contribution in [0.4, 0.5) is 5.69 Å². The number of anilines is 1. The van der Waals surface area contributed by atoms with Crippen molar-refractivity contribution in [3.8, 4) is 0 Å². The van der Waals surface area contributed by atoms with E-state index in [1.54, 1.807) is 12.3 Å². The van der Waals surface area contributed by atoms with Crippen LogP contribution >= 0.6 is 15.9 Å². The number of amides is 2. The van der Waals surface area contributed by atoms with E-state index in [1.807, 2.05) is 56.3 Å². The summed E-state index contributed by atoms with van der Waals surface area (Å²) in [6.45, 7) is 4.41. The highest BCUT2D eigenvalue weighted by molar-refractivity contribution is 9.10. The van der Waals surface area contributed by atoms with E-state index < -0.39 is 5.91 Å². The van der Waals surface area contributed by atoms with Crippen molar-refractivity contribution in [3.63, 3.8) is 0 Å². The molecule has 0 atom stereocenters. The van der Waals surface area contributed by atoms with E-state index in [4.69, 9.17) is 0 Å². The zero-order valence-corrected chi connectivity index (χ0v) is 19.0. The van der Waals surface area contributed by atoms with Gasteiger partial charge in [0.05, 0.1) is 6.54 Å². The fraction of sp³-hybridized carbons (Fsp3) is 0.208. The monoisotopic (exact) mass is 481 g/mol. The Balaban J connectivity index is 1.58. The molecule has 1 heterocycles. The normalized spacial score (nSPS) is 10.5. The Hall–Kier alpha value is -3.19. The molecule has 0 aliphatic heterocycles. The van der Waals surface area contributed by atoms with Gasteiger partial charge in [-0.25, -0.2) is 0 Å². The zero-order chi connectivity index (χ0) is 22.4. The van der Waals surface area contributed by atoms with Crippen molar-refractivity contribution in [1.29, 1.82) is 0 Å². The van der Waals surface area contributed by atoms with E-state index in [1.165, 1.54) is 10.6 Å². The molecule has 3 rings (SSSR count). The molecule has 160 valence electrons. The Labute approximate surface area is 189 Å². The molecule has 0 fully saturated rings. The minimum atomic E-state index is -0.491. The van der Waals surface area contributed by atoms with Crippen LogP contribution in [-0.4, -0.2) is 22.9 Å². The van der Waals surface area contributed by atoms with Crippen LogP contribution in [0.2, 0.25) is 0 Å². The summed E-state index contributed by atoms with van der Waals surface area (Å²) in [7, 11) is 0. The van der Waals surface area contributed by atoms with Crippen LogP contribution in [0, 0.1) is 13.8 Å². The largest absolute Gasteiger partial charge is 0.351 e. The lowest BCUT2D eigenvalue weighted by Crippen LogP contribution is -2.34. The number of benzene rings is 2. The average molecular weight is 482 g/mol. The van der Waals surface area contributed by atoms with Crippen molar-refractivity contribution in [1.82, 2.24) is 9.88 Å². The summed E-state index contributed by atoms with van der Waals surface area (Å²) < 4.78 is 2.37. The van der Waals surface area contributed by atoms with Gasteiger partial charge < -0.3 is 15.2 Å². The van der Waals surface area contributed by atoms with Gasteiger partial charge in [0.1, 0.15) is 5.56 Å². The highest BCUT2D eigenvalue weighted by Gasteiger charge is 2.13. The van der Waals surface area contributed by atoms with Crippen LogP contribution in [-0.2, 0) is 11.3 Å². The molecule has 0 aliphatic rings. The average Bonchev–Trinajstić information content (AvgIpc) is 2.72. The molecule has 0 saturated carbocycles. The highest BCUT2D eigenvalue weighted by atomic mass is 79.9. The zero-order valence-electron chi connectivity index (χ0n) is 17.4. The fourth-order valence-corrected chi connectivity index (χ4v) is 3.53. The molecular weight excluding hydrogens is 458 g/mol. The fourth-order valence-electron chi connectivity index (χ4n) is 3.17. The summed E-state index contributed by atoms with van der Waals surface area (Å²) in [4.78, 5) is 37.4. The topological polar surface area (TPSA) is 80.2 Å². The molecule has 1 aromatic heterocycles. The number of nitrogens with one attached hydrogen (secondary N) is 2. The maximum Gasteiger partial charge on any atom is 0.263 e. The molecule has 0 unspecified atom stereocenters. The molecule has 2 aromatic carbocycles. The van der Waals surface area contributed by atoms with Gasteiger partial charge in [-0.05, 0) is 49.2 Å². The molecular formula is C24H24BrN3O3. The molecule has 0 aliphatic carbocycles. The van der Waals surface area contributed by atoms with Crippen LogP contribution in [0.5, 0.6) is 0 Å². The molecule has 0 radical (unpaired) electrons. The maximum absolute atomic E-state index is 12.7. The molecule has 31 heavy (non-hydrogen) atoms. The van der Waals surface area contributed by atoms with Crippen molar-refractivity contribution in [2.24, 2.45) is 0 Å². The van der Waals surface area contributed by atoms with Gasteiger partial charge >= 0.3 is 0 Å². The van der Waals surface area contributed by atoms with Crippen LogP contribution in [0.3, 0.4) is 0 Å². The van der Waals surface area contributed by atoms with Crippen molar-refractivity contribution < 1.29 is 9.59 Å². The minimum absolute atomic E-state index is 0.0541. The van der Waals surface area contributed by atoms with E-state index in [0.29, 0.717) is 12.2 Å². The SMILES string of the molecule is Cc1cccc(Cn2cccc(C(=O)NCCC(=O)Nc3cc(Br)ccc3C)c2=O)c1. The lowest BCUT2D eigenvalue weighted by molar-refractivity contribution is -0.116. The molecule has 7 heteroatoms. The molecule has 6 nitrogen and oxygen atoms in total. The molecule has 0 saturated heterocycles. The first-order valence-electron chi connectivity index (χ1n) is 9.92. The first kappa shape index (κ1) is 22.5. The number of aryl methyl sites for hydroxylation is 2. The van der Waals surface area contributed by atoms with Gasteiger partial charge in [-0.1, -0.05) is 51.8 Å². The van der Waals surface area contributed by atoms with E-state index in [0.717, 1.165) is 21.2 Å². The van der Waals surface area contributed by atoms with Crippen LogP contribution < -0.4 is 16.2 Å². The van der Waals surface area contributed by atoms with Crippen LogP contribution in [0.25, 0.3) is 0 Å². The van der Waals surface area contributed by atoms with Gasteiger partial charge in [0.15, 0.2) is 0 Å².